The van der Waals surface area contributed by atoms with E-state index in [1.165, 1.54) is 26.0 Å². The SMILES string of the molecule is CC(C)c1ccc(O)c(C=C2C(=O)OC(C)(C)OC2=O)c1. The molecule has 21 heavy (non-hydrogen) atoms. The van der Waals surface area contributed by atoms with Gasteiger partial charge < -0.3 is 14.6 Å². The summed E-state index contributed by atoms with van der Waals surface area (Å²) in [6.07, 6.45) is 1.29. The predicted octanol–water partition coefficient (Wildman–Crippen LogP) is 2.74. The van der Waals surface area contributed by atoms with Gasteiger partial charge in [0.15, 0.2) is 0 Å². The third-order valence-corrected chi connectivity index (χ3v) is 3.13. The lowest BCUT2D eigenvalue weighted by Gasteiger charge is -2.29. The van der Waals surface area contributed by atoms with Gasteiger partial charge in [-0.1, -0.05) is 19.9 Å². The molecule has 0 spiro atoms. The van der Waals surface area contributed by atoms with Crippen LogP contribution in [-0.2, 0) is 19.1 Å². The maximum atomic E-state index is 11.9. The number of phenols is 1. The number of hydrogen-bond acceptors (Lipinski definition) is 5. The van der Waals surface area contributed by atoms with E-state index in [4.69, 9.17) is 9.47 Å². The van der Waals surface area contributed by atoms with Crippen LogP contribution >= 0.6 is 0 Å². The Hall–Kier alpha value is -2.30. The van der Waals surface area contributed by atoms with Crippen LogP contribution < -0.4 is 0 Å². The molecule has 0 aliphatic carbocycles. The molecule has 0 bridgehead atoms. The van der Waals surface area contributed by atoms with Crippen molar-refractivity contribution >= 4 is 18.0 Å². The second-order valence-corrected chi connectivity index (χ2v) is 5.71. The van der Waals surface area contributed by atoms with Crippen LogP contribution in [0.5, 0.6) is 5.75 Å². The van der Waals surface area contributed by atoms with Gasteiger partial charge >= 0.3 is 11.9 Å². The molecule has 2 rings (SSSR count). The summed E-state index contributed by atoms with van der Waals surface area (Å²) in [5.74, 6) is -2.55. The third-order valence-electron chi connectivity index (χ3n) is 3.13. The molecule has 0 amide bonds. The fourth-order valence-corrected chi connectivity index (χ4v) is 1.98. The minimum atomic E-state index is -1.27. The van der Waals surface area contributed by atoms with Crippen LogP contribution in [0.4, 0.5) is 0 Å². The number of esters is 2. The second-order valence-electron chi connectivity index (χ2n) is 5.71. The number of benzene rings is 1. The number of rotatable bonds is 2. The Bertz CT molecular complexity index is 604. The first-order chi connectivity index (χ1) is 9.69. The molecule has 1 fully saturated rings. The predicted molar refractivity (Wildman–Crippen MR) is 76.4 cm³/mol. The highest BCUT2D eigenvalue weighted by Gasteiger charge is 2.38. The van der Waals surface area contributed by atoms with Crippen LogP contribution in [0.1, 0.15) is 44.7 Å². The first kappa shape index (κ1) is 15.1. The Morgan fingerprint density at radius 3 is 2.24 bits per heavy atom. The van der Waals surface area contributed by atoms with E-state index >= 15 is 0 Å². The van der Waals surface area contributed by atoms with Crippen LogP contribution in [0.15, 0.2) is 23.8 Å². The standard InChI is InChI=1S/C16H18O5/c1-9(2)10-5-6-13(17)11(7-10)8-12-14(18)20-16(3,4)21-15(12)19/h5-9,17H,1-4H3. The quantitative estimate of drug-likeness (QED) is 0.515. The molecule has 0 radical (unpaired) electrons. The molecule has 0 unspecified atom stereocenters. The van der Waals surface area contributed by atoms with E-state index in [-0.39, 0.29) is 17.2 Å². The molecule has 112 valence electrons. The number of phenolic OH excluding ortho intramolecular Hbond substituents is 1. The van der Waals surface area contributed by atoms with Gasteiger partial charge in [0.25, 0.3) is 5.79 Å². The van der Waals surface area contributed by atoms with Crippen molar-refractivity contribution in [1.82, 2.24) is 0 Å². The third kappa shape index (κ3) is 3.24. The van der Waals surface area contributed by atoms with E-state index < -0.39 is 17.7 Å². The lowest BCUT2D eigenvalue weighted by atomic mass is 9.99. The average molecular weight is 290 g/mol. The highest BCUT2D eigenvalue weighted by molar-refractivity contribution is 6.19. The zero-order chi connectivity index (χ0) is 15.8. The summed E-state index contributed by atoms with van der Waals surface area (Å²) in [4.78, 5) is 23.8. The number of ether oxygens (including phenoxy) is 2. The molecule has 5 nitrogen and oxygen atoms in total. The summed E-state index contributed by atoms with van der Waals surface area (Å²) < 4.78 is 10.0. The molecule has 1 N–H and O–H groups in total. The minimum Gasteiger partial charge on any atom is -0.507 e. The van der Waals surface area contributed by atoms with Crippen molar-refractivity contribution in [3.63, 3.8) is 0 Å². The van der Waals surface area contributed by atoms with Crippen molar-refractivity contribution in [3.05, 3.63) is 34.9 Å². The van der Waals surface area contributed by atoms with Crippen molar-refractivity contribution in [2.45, 2.75) is 39.4 Å². The van der Waals surface area contributed by atoms with Crippen molar-refractivity contribution < 1.29 is 24.2 Å². The molecule has 0 saturated carbocycles. The summed E-state index contributed by atoms with van der Waals surface area (Å²) >= 11 is 0. The molecular weight excluding hydrogens is 272 g/mol. The number of carbonyl (C=O) groups excluding carboxylic acids is 2. The normalized spacial score (nSPS) is 17.5. The molecule has 1 aromatic rings. The largest absolute Gasteiger partial charge is 0.507 e. The molecule has 0 aromatic heterocycles. The Balaban J connectivity index is 2.42. The van der Waals surface area contributed by atoms with Gasteiger partial charge in [-0.15, -0.1) is 0 Å². The second kappa shape index (κ2) is 5.24. The minimum absolute atomic E-state index is 0.0164. The number of hydrogen-bond donors (Lipinski definition) is 1. The van der Waals surface area contributed by atoms with Gasteiger partial charge in [0.2, 0.25) is 0 Å². The van der Waals surface area contributed by atoms with Gasteiger partial charge in [0.1, 0.15) is 11.3 Å². The molecule has 5 heteroatoms. The van der Waals surface area contributed by atoms with Gasteiger partial charge in [-0.25, -0.2) is 9.59 Å². The van der Waals surface area contributed by atoms with E-state index in [1.807, 2.05) is 13.8 Å². The van der Waals surface area contributed by atoms with Crippen LogP contribution in [0, 0.1) is 0 Å². The fourth-order valence-electron chi connectivity index (χ4n) is 1.98. The molecule has 1 heterocycles. The highest BCUT2D eigenvalue weighted by Crippen LogP contribution is 2.28. The summed E-state index contributed by atoms with van der Waals surface area (Å²) in [5, 5.41) is 9.87. The Kier molecular flexibility index (Phi) is 3.77. The number of carbonyl (C=O) groups is 2. The molecule has 1 aromatic carbocycles. The monoisotopic (exact) mass is 290 g/mol. The van der Waals surface area contributed by atoms with Crippen molar-refractivity contribution in [2.24, 2.45) is 0 Å². The molecule has 0 atom stereocenters. The van der Waals surface area contributed by atoms with E-state index in [9.17, 15) is 14.7 Å². The van der Waals surface area contributed by atoms with Gasteiger partial charge in [-0.2, -0.15) is 0 Å². The van der Waals surface area contributed by atoms with Crippen LogP contribution in [0.3, 0.4) is 0 Å². The van der Waals surface area contributed by atoms with E-state index in [0.717, 1.165) is 5.56 Å². The topological polar surface area (TPSA) is 72.8 Å². The molecule has 1 aliphatic heterocycles. The van der Waals surface area contributed by atoms with Crippen molar-refractivity contribution in [1.29, 1.82) is 0 Å². The maximum absolute atomic E-state index is 11.9. The average Bonchev–Trinajstić information content (AvgIpc) is 2.34. The summed E-state index contributed by atoms with van der Waals surface area (Å²) in [5.41, 5.74) is 1.13. The lowest BCUT2D eigenvalue weighted by molar-refractivity contribution is -0.222. The Morgan fingerprint density at radius 2 is 1.71 bits per heavy atom. The first-order valence-corrected chi connectivity index (χ1v) is 6.71. The number of aromatic hydroxyl groups is 1. The van der Waals surface area contributed by atoms with Gasteiger partial charge in [-0.3, -0.25) is 0 Å². The van der Waals surface area contributed by atoms with Gasteiger partial charge in [0.05, 0.1) is 0 Å². The van der Waals surface area contributed by atoms with E-state index in [1.54, 1.807) is 12.1 Å². The van der Waals surface area contributed by atoms with Crippen LogP contribution in [0.25, 0.3) is 6.08 Å². The van der Waals surface area contributed by atoms with Gasteiger partial charge in [-0.05, 0) is 29.7 Å². The summed E-state index contributed by atoms with van der Waals surface area (Å²) in [6, 6.07) is 5.06. The van der Waals surface area contributed by atoms with Crippen molar-refractivity contribution in [2.75, 3.05) is 0 Å². The smallest absolute Gasteiger partial charge is 0.348 e. The molecule has 1 saturated heterocycles. The molecular formula is C16H18O5. The van der Waals surface area contributed by atoms with Gasteiger partial charge in [0, 0.05) is 19.4 Å². The zero-order valence-electron chi connectivity index (χ0n) is 12.5. The lowest BCUT2D eigenvalue weighted by Crippen LogP contribution is -2.41. The van der Waals surface area contributed by atoms with Crippen LogP contribution in [0.2, 0.25) is 0 Å². The van der Waals surface area contributed by atoms with Crippen LogP contribution in [-0.4, -0.2) is 22.8 Å². The fraction of sp³-hybridized carbons (Fsp3) is 0.375. The Labute approximate surface area is 123 Å². The first-order valence-electron chi connectivity index (χ1n) is 6.71. The van der Waals surface area contributed by atoms with E-state index in [2.05, 4.69) is 0 Å². The van der Waals surface area contributed by atoms with Crippen molar-refractivity contribution in [3.8, 4) is 5.75 Å². The number of cyclic esters (lactones) is 2. The zero-order valence-corrected chi connectivity index (χ0v) is 12.5. The summed E-state index contributed by atoms with van der Waals surface area (Å²) in [6.45, 7) is 6.98. The highest BCUT2D eigenvalue weighted by atomic mass is 16.7. The maximum Gasteiger partial charge on any atom is 0.348 e. The summed E-state index contributed by atoms with van der Waals surface area (Å²) in [7, 11) is 0. The van der Waals surface area contributed by atoms with E-state index in [0.29, 0.717) is 5.56 Å². The Morgan fingerprint density at radius 1 is 1.14 bits per heavy atom. The molecule has 1 aliphatic rings.